The van der Waals surface area contributed by atoms with Crippen molar-refractivity contribution in [1.82, 2.24) is 10.2 Å². The average Bonchev–Trinajstić information content (AvgIpc) is 3.26. The van der Waals surface area contributed by atoms with E-state index >= 15 is 0 Å². The largest absolute Gasteiger partial charge is 0.355 e. The molecule has 0 saturated carbocycles. The molecular weight excluding hydrogens is 420 g/mol. The monoisotopic (exact) mass is 448 g/mol. The first kappa shape index (κ1) is 21.7. The van der Waals surface area contributed by atoms with E-state index in [4.69, 9.17) is 0 Å². The van der Waals surface area contributed by atoms with Crippen molar-refractivity contribution in [2.45, 2.75) is 32.1 Å². The number of hydrogen-bond acceptors (Lipinski definition) is 3. The topological polar surface area (TPSA) is 69.8 Å². The molecule has 1 aliphatic carbocycles. The van der Waals surface area contributed by atoms with E-state index in [2.05, 4.69) is 51.2 Å². The summed E-state index contributed by atoms with van der Waals surface area (Å²) < 4.78 is 0. The lowest BCUT2D eigenvalue weighted by Crippen LogP contribution is -2.13. The molecule has 0 saturated heterocycles. The molecule has 0 unspecified atom stereocenters. The van der Waals surface area contributed by atoms with Gasteiger partial charge in [-0.05, 0) is 73.7 Å². The highest BCUT2D eigenvalue weighted by molar-refractivity contribution is 5.93. The highest BCUT2D eigenvalue weighted by Crippen LogP contribution is 2.26. The molecule has 0 atom stereocenters. The van der Waals surface area contributed by atoms with Crippen LogP contribution in [0.2, 0.25) is 0 Å². The molecule has 3 aromatic carbocycles. The number of hydrogen-bond donors (Lipinski definition) is 3. The Labute approximate surface area is 199 Å². The fourth-order valence-corrected chi connectivity index (χ4v) is 4.30. The van der Waals surface area contributed by atoms with Crippen LogP contribution in [0, 0.1) is 0 Å². The number of benzene rings is 3. The molecule has 0 fully saturated rings. The van der Waals surface area contributed by atoms with Gasteiger partial charge in [0.25, 0.3) is 0 Å². The van der Waals surface area contributed by atoms with Crippen LogP contribution >= 0.6 is 0 Å². The number of carbonyl (C=O) groups excluding carboxylic acids is 1. The van der Waals surface area contributed by atoms with E-state index in [1.807, 2.05) is 60.7 Å². The summed E-state index contributed by atoms with van der Waals surface area (Å²) in [5.74, 6) is 0.0419. The lowest BCUT2D eigenvalue weighted by Gasteiger charge is -2.13. The van der Waals surface area contributed by atoms with Gasteiger partial charge in [0.1, 0.15) is 0 Å². The minimum Gasteiger partial charge on any atom is -0.355 e. The zero-order valence-corrected chi connectivity index (χ0v) is 19.1. The van der Waals surface area contributed by atoms with Crippen molar-refractivity contribution in [2.75, 3.05) is 10.6 Å². The number of fused-ring (bicyclic) bond motifs is 1. The van der Waals surface area contributed by atoms with Gasteiger partial charge in [0.05, 0.1) is 11.2 Å². The Bertz CT molecular complexity index is 1350. The standard InChI is InChI=1S/C29H28N4O/c34-29(18-22-10-5-2-6-11-22)31-24-13-7-12-23(19-24)30-25-15-16-26-27(32-33-28(26)20-25)17-14-21-8-3-1-4-9-21/h1,3-4,7-10,12-17,19-20,30H,2,5-6,11,18H2,(H,31,34)(H,32,33)/b17-14+. The number of carbonyl (C=O) groups is 1. The van der Waals surface area contributed by atoms with Crippen molar-refractivity contribution < 1.29 is 4.79 Å². The lowest BCUT2D eigenvalue weighted by atomic mass is 9.97. The Kier molecular flexibility index (Phi) is 6.52. The van der Waals surface area contributed by atoms with Crippen LogP contribution in [0.25, 0.3) is 23.1 Å². The minimum absolute atomic E-state index is 0.0419. The fourth-order valence-electron chi connectivity index (χ4n) is 4.30. The van der Waals surface area contributed by atoms with Gasteiger partial charge in [-0.1, -0.05) is 54.1 Å². The van der Waals surface area contributed by atoms with Crippen LogP contribution in [0.15, 0.2) is 84.4 Å². The number of nitrogens with zero attached hydrogens (tertiary/aromatic N) is 1. The van der Waals surface area contributed by atoms with Gasteiger partial charge in [-0.3, -0.25) is 9.89 Å². The zero-order valence-electron chi connectivity index (χ0n) is 19.1. The highest BCUT2D eigenvalue weighted by atomic mass is 16.1. The van der Waals surface area contributed by atoms with E-state index in [0.717, 1.165) is 52.1 Å². The third kappa shape index (κ3) is 5.44. The van der Waals surface area contributed by atoms with Crippen LogP contribution in [0.4, 0.5) is 17.1 Å². The van der Waals surface area contributed by atoms with Gasteiger partial charge in [0, 0.05) is 28.9 Å². The molecule has 170 valence electrons. The van der Waals surface area contributed by atoms with Crippen LogP contribution < -0.4 is 10.6 Å². The number of H-pyrrole nitrogens is 1. The molecular formula is C29H28N4O. The summed E-state index contributed by atoms with van der Waals surface area (Å²) in [6.07, 6.45) is 11.3. The quantitative estimate of drug-likeness (QED) is 0.260. The van der Waals surface area contributed by atoms with E-state index in [9.17, 15) is 4.79 Å². The summed E-state index contributed by atoms with van der Waals surface area (Å²) in [5.41, 5.74) is 6.92. The highest BCUT2D eigenvalue weighted by Gasteiger charge is 2.10. The van der Waals surface area contributed by atoms with Gasteiger partial charge in [-0.25, -0.2) is 0 Å². The summed E-state index contributed by atoms with van der Waals surface area (Å²) >= 11 is 0. The first-order chi connectivity index (χ1) is 16.7. The molecule has 3 N–H and O–H groups in total. The molecule has 0 radical (unpaired) electrons. The van der Waals surface area contributed by atoms with Crippen LogP contribution in [0.5, 0.6) is 0 Å². The summed E-state index contributed by atoms with van der Waals surface area (Å²) in [4.78, 5) is 12.5. The molecule has 5 nitrogen and oxygen atoms in total. The van der Waals surface area contributed by atoms with Gasteiger partial charge >= 0.3 is 0 Å². The van der Waals surface area contributed by atoms with Gasteiger partial charge in [0.2, 0.25) is 5.91 Å². The number of amides is 1. The number of aromatic amines is 1. The predicted octanol–water partition coefficient (Wildman–Crippen LogP) is 7.31. The van der Waals surface area contributed by atoms with Crippen molar-refractivity contribution in [2.24, 2.45) is 0 Å². The average molecular weight is 449 g/mol. The number of rotatable bonds is 7. The summed E-state index contributed by atoms with van der Waals surface area (Å²) in [6, 6.07) is 24.1. The number of allylic oxidation sites excluding steroid dienone is 1. The van der Waals surface area contributed by atoms with Crippen LogP contribution in [0.1, 0.15) is 43.4 Å². The summed E-state index contributed by atoms with van der Waals surface area (Å²) in [5, 5.41) is 15.1. The Morgan fingerprint density at radius 2 is 1.76 bits per heavy atom. The molecule has 1 aromatic heterocycles. The Hall–Kier alpha value is -4.12. The molecule has 0 bridgehead atoms. The molecule has 1 heterocycles. The second-order valence-corrected chi connectivity index (χ2v) is 8.65. The van der Waals surface area contributed by atoms with Crippen LogP contribution in [-0.4, -0.2) is 16.1 Å². The molecule has 5 rings (SSSR count). The van der Waals surface area contributed by atoms with Gasteiger partial charge in [-0.2, -0.15) is 5.10 Å². The van der Waals surface area contributed by atoms with E-state index in [0.29, 0.717) is 6.42 Å². The maximum atomic E-state index is 12.5. The Balaban J connectivity index is 1.25. The first-order valence-electron chi connectivity index (χ1n) is 11.8. The minimum atomic E-state index is 0.0419. The Morgan fingerprint density at radius 1 is 0.912 bits per heavy atom. The van der Waals surface area contributed by atoms with Crippen molar-refractivity contribution in [3.8, 4) is 0 Å². The van der Waals surface area contributed by atoms with E-state index in [1.54, 1.807) is 0 Å². The smallest absolute Gasteiger partial charge is 0.228 e. The molecule has 0 aliphatic heterocycles. The number of aromatic nitrogens is 2. The maximum absolute atomic E-state index is 12.5. The first-order valence-corrected chi connectivity index (χ1v) is 11.8. The van der Waals surface area contributed by atoms with Gasteiger partial charge in [-0.15, -0.1) is 0 Å². The second kappa shape index (κ2) is 10.2. The van der Waals surface area contributed by atoms with E-state index in [-0.39, 0.29) is 5.91 Å². The van der Waals surface area contributed by atoms with Crippen LogP contribution in [0.3, 0.4) is 0 Å². The van der Waals surface area contributed by atoms with Crippen molar-refractivity contribution in [1.29, 1.82) is 0 Å². The molecule has 1 amide bonds. The lowest BCUT2D eigenvalue weighted by molar-refractivity contribution is -0.115. The molecule has 1 aliphatic rings. The summed E-state index contributed by atoms with van der Waals surface area (Å²) in [7, 11) is 0. The maximum Gasteiger partial charge on any atom is 0.228 e. The second-order valence-electron chi connectivity index (χ2n) is 8.65. The molecule has 5 heteroatoms. The van der Waals surface area contributed by atoms with Crippen molar-refractivity contribution in [3.05, 3.63) is 95.7 Å². The third-order valence-electron chi connectivity index (χ3n) is 6.03. The van der Waals surface area contributed by atoms with Crippen LogP contribution in [-0.2, 0) is 4.79 Å². The summed E-state index contributed by atoms with van der Waals surface area (Å²) in [6.45, 7) is 0. The van der Waals surface area contributed by atoms with Crippen molar-refractivity contribution >= 4 is 46.0 Å². The normalized spacial score (nSPS) is 13.7. The van der Waals surface area contributed by atoms with E-state index in [1.165, 1.54) is 18.4 Å². The van der Waals surface area contributed by atoms with E-state index < -0.39 is 0 Å². The number of nitrogens with one attached hydrogen (secondary N) is 3. The Morgan fingerprint density at radius 3 is 2.62 bits per heavy atom. The SMILES string of the molecule is O=C(CC1=CCCCC1)Nc1cccc(Nc2ccc3c(/C=C/c4ccccc4)n[nH]c3c2)c1. The van der Waals surface area contributed by atoms with Gasteiger partial charge in [0.15, 0.2) is 0 Å². The molecule has 0 spiro atoms. The molecule has 4 aromatic rings. The fraction of sp³-hybridized carbons (Fsp3) is 0.172. The zero-order chi connectivity index (χ0) is 23.2. The predicted molar refractivity (Wildman–Crippen MR) is 141 cm³/mol. The molecule has 34 heavy (non-hydrogen) atoms. The van der Waals surface area contributed by atoms with Gasteiger partial charge < -0.3 is 10.6 Å². The number of anilines is 3. The van der Waals surface area contributed by atoms with Crippen molar-refractivity contribution in [3.63, 3.8) is 0 Å². The third-order valence-corrected chi connectivity index (χ3v) is 6.03.